The molecule has 0 saturated heterocycles. The molecule has 6 heteroatoms. The van der Waals surface area contributed by atoms with Gasteiger partial charge in [-0.25, -0.2) is 9.07 Å². The Morgan fingerprint density at radius 3 is 2.90 bits per heavy atom. The van der Waals surface area contributed by atoms with Crippen molar-refractivity contribution in [3.8, 4) is 0 Å². The standard InChI is InChI=1S/C15H14BrFN4/c1-20-9-5-4-8-13(20)14-18-15(16)21(19-14)10-11-6-2-3-7-12(11)17/h2-8H,9-10H2,1H3. The van der Waals surface area contributed by atoms with Crippen molar-refractivity contribution in [3.63, 3.8) is 0 Å². The van der Waals surface area contributed by atoms with E-state index >= 15 is 0 Å². The van der Waals surface area contributed by atoms with Gasteiger partial charge in [0.05, 0.1) is 12.2 Å². The highest BCUT2D eigenvalue weighted by Gasteiger charge is 2.16. The fraction of sp³-hybridized carbons (Fsp3) is 0.200. The Labute approximate surface area is 130 Å². The van der Waals surface area contributed by atoms with E-state index in [1.54, 1.807) is 16.8 Å². The van der Waals surface area contributed by atoms with Crippen LogP contribution in [-0.2, 0) is 6.54 Å². The maximum absolute atomic E-state index is 13.7. The van der Waals surface area contributed by atoms with E-state index in [9.17, 15) is 4.39 Å². The second kappa shape index (κ2) is 5.81. The maximum atomic E-state index is 13.7. The summed E-state index contributed by atoms with van der Waals surface area (Å²) in [6, 6.07) is 6.68. The lowest BCUT2D eigenvalue weighted by Gasteiger charge is -2.20. The molecule has 2 aromatic rings. The van der Waals surface area contributed by atoms with Crippen LogP contribution in [0, 0.1) is 5.82 Å². The van der Waals surface area contributed by atoms with Crippen LogP contribution in [0.4, 0.5) is 4.39 Å². The molecule has 0 saturated carbocycles. The number of nitrogens with zero attached hydrogens (tertiary/aromatic N) is 4. The van der Waals surface area contributed by atoms with E-state index in [1.165, 1.54) is 6.07 Å². The smallest absolute Gasteiger partial charge is 0.198 e. The van der Waals surface area contributed by atoms with Gasteiger partial charge in [-0.3, -0.25) is 0 Å². The van der Waals surface area contributed by atoms with E-state index < -0.39 is 0 Å². The van der Waals surface area contributed by atoms with Gasteiger partial charge in [-0.1, -0.05) is 30.4 Å². The number of benzene rings is 1. The highest BCUT2D eigenvalue weighted by molar-refractivity contribution is 9.10. The first-order chi connectivity index (χ1) is 10.1. The molecular formula is C15H14BrFN4. The molecule has 0 unspecified atom stereocenters. The summed E-state index contributed by atoms with van der Waals surface area (Å²) >= 11 is 3.39. The van der Waals surface area contributed by atoms with Crippen molar-refractivity contribution < 1.29 is 4.39 Å². The quantitative estimate of drug-likeness (QED) is 0.854. The topological polar surface area (TPSA) is 34.0 Å². The number of likely N-dealkylation sites (N-methyl/N-ethyl adjacent to an activating group) is 1. The number of rotatable bonds is 3. The van der Waals surface area contributed by atoms with Crippen LogP contribution in [0.25, 0.3) is 5.70 Å². The SMILES string of the molecule is CN1CC=CC=C1c1nc(Br)n(Cc2ccccc2F)n1. The lowest BCUT2D eigenvalue weighted by atomic mass is 10.2. The fourth-order valence-corrected chi connectivity index (χ4v) is 2.54. The van der Waals surface area contributed by atoms with Gasteiger partial charge in [0, 0.05) is 19.2 Å². The van der Waals surface area contributed by atoms with Crippen LogP contribution in [0.3, 0.4) is 0 Å². The third-order valence-corrected chi connectivity index (χ3v) is 3.90. The second-order valence-corrected chi connectivity index (χ2v) is 5.52. The van der Waals surface area contributed by atoms with Crippen molar-refractivity contribution in [2.75, 3.05) is 13.6 Å². The Morgan fingerprint density at radius 1 is 1.33 bits per heavy atom. The molecule has 0 bridgehead atoms. The molecule has 1 aromatic heterocycles. The third kappa shape index (κ3) is 2.90. The zero-order valence-electron chi connectivity index (χ0n) is 11.5. The Hall–Kier alpha value is -1.95. The Balaban J connectivity index is 1.90. The van der Waals surface area contributed by atoms with Crippen molar-refractivity contribution in [3.05, 3.63) is 64.4 Å². The predicted molar refractivity (Wildman–Crippen MR) is 83.0 cm³/mol. The van der Waals surface area contributed by atoms with Gasteiger partial charge in [0.25, 0.3) is 0 Å². The zero-order chi connectivity index (χ0) is 14.8. The molecule has 0 amide bonds. The highest BCUT2D eigenvalue weighted by atomic mass is 79.9. The Kier molecular flexibility index (Phi) is 3.88. The van der Waals surface area contributed by atoms with Crippen LogP contribution in [0.5, 0.6) is 0 Å². The molecule has 0 atom stereocenters. The van der Waals surface area contributed by atoms with Gasteiger partial charge in [-0.15, -0.1) is 5.10 Å². The van der Waals surface area contributed by atoms with Crippen LogP contribution >= 0.6 is 15.9 Å². The molecular weight excluding hydrogens is 335 g/mol. The average Bonchev–Trinajstić information content (AvgIpc) is 2.83. The van der Waals surface area contributed by atoms with Crippen LogP contribution < -0.4 is 0 Å². The average molecular weight is 349 g/mol. The zero-order valence-corrected chi connectivity index (χ0v) is 13.1. The first-order valence-corrected chi connectivity index (χ1v) is 7.36. The van der Waals surface area contributed by atoms with Gasteiger partial charge < -0.3 is 4.90 Å². The number of halogens is 2. The molecule has 0 N–H and O–H groups in total. The minimum absolute atomic E-state index is 0.238. The van der Waals surface area contributed by atoms with Crippen LogP contribution in [0.15, 0.2) is 47.2 Å². The van der Waals surface area contributed by atoms with Gasteiger partial charge in [0.15, 0.2) is 10.6 Å². The summed E-state index contributed by atoms with van der Waals surface area (Å²) in [7, 11) is 1.99. The maximum Gasteiger partial charge on any atom is 0.198 e. The number of hydrogen-bond donors (Lipinski definition) is 0. The normalized spacial score (nSPS) is 14.4. The van der Waals surface area contributed by atoms with Crippen molar-refractivity contribution in [1.82, 2.24) is 19.7 Å². The largest absolute Gasteiger partial charge is 0.368 e. The van der Waals surface area contributed by atoms with Gasteiger partial charge in [-0.2, -0.15) is 4.98 Å². The Morgan fingerprint density at radius 2 is 2.14 bits per heavy atom. The molecule has 0 spiro atoms. The summed E-state index contributed by atoms with van der Waals surface area (Å²) in [5.41, 5.74) is 1.53. The molecule has 0 radical (unpaired) electrons. The first-order valence-electron chi connectivity index (χ1n) is 6.57. The second-order valence-electron chi connectivity index (χ2n) is 4.81. The molecule has 1 aromatic carbocycles. The highest BCUT2D eigenvalue weighted by Crippen LogP contribution is 2.20. The fourth-order valence-electron chi connectivity index (χ4n) is 2.17. The summed E-state index contributed by atoms with van der Waals surface area (Å²) in [5, 5.41) is 4.47. The summed E-state index contributed by atoms with van der Waals surface area (Å²) < 4.78 is 16.0. The van der Waals surface area contributed by atoms with Crippen molar-refractivity contribution in [1.29, 1.82) is 0 Å². The third-order valence-electron chi connectivity index (χ3n) is 3.31. The van der Waals surface area contributed by atoms with Gasteiger partial charge in [0.1, 0.15) is 5.82 Å². The molecule has 3 rings (SSSR count). The summed E-state index contributed by atoms with van der Waals surface area (Å²) in [5.74, 6) is 0.392. The van der Waals surface area contributed by atoms with Crippen LogP contribution in [0.1, 0.15) is 11.4 Å². The van der Waals surface area contributed by atoms with Crippen molar-refractivity contribution in [2.45, 2.75) is 6.54 Å². The summed E-state index contributed by atoms with van der Waals surface area (Å²) in [6.07, 6.45) is 6.02. The van der Waals surface area contributed by atoms with Crippen LogP contribution in [0.2, 0.25) is 0 Å². The predicted octanol–water partition coefficient (Wildman–Crippen LogP) is 3.07. The molecule has 0 aliphatic carbocycles. The van der Waals surface area contributed by atoms with Gasteiger partial charge in [0.2, 0.25) is 0 Å². The van der Waals surface area contributed by atoms with Crippen LogP contribution in [-0.4, -0.2) is 33.3 Å². The monoisotopic (exact) mass is 348 g/mol. The van der Waals surface area contributed by atoms with Gasteiger partial charge >= 0.3 is 0 Å². The minimum Gasteiger partial charge on any atom is -0.368 e. The first kappa shape index (κ1) is 14.0. The molecule has 2 heterocycles. The Bertz CT molecular complexity index is 720. The molecule has 0 fully saturated rings. The van der Waals surface area contributed by atoms with Crippen molar-refractivity contribution in [2.24, 2.45) is 0 Å². The van der Waals surface area contributed by atoms with E-state index in [0.29, 0.717) is 22.7 Å². The number of allylic oxidation sites excluding steroid dienone is 2. The van der Waals surface area contributed by atoms with Crippen molar-refractivity contribution >= 4 is 21.6 Å². The van der Waals surface area contributed by atoms with E-state index in [4.69, 9.17) is 0 Å². The molecule has 1 aliphatic rings. The summed E-state index contributed by atoms with van der Waals surface area (Å²) in [4.78, 5) is 6.48. The lowest BCUT2D eigenvalue weighted by molar-refractivity contribution is 0.524. The minimum atomic E-state index is -0.238. The van der Waals surface area contributed by atoms with E-state index in [0.717, 1.165) is 12.2 Å². The molecule has 108 valence electrons. The number of hydrogen-bond acceptors (Lipinski definition) is 3. The van der Waals surface area contributed by atoms with E-state index in [-0.39, 0.29) is 5.82 Å². The number of aromatic nitrogens is 3. The van der Waals surface area contributed by atoms with E-state index in [2.05, 4.69) is 37.0 Å². The molecule has 21 heavy (non-hydrogen) atoms. The molecule has 4 nitrogen and oxygen atoms in total. The summed E-state index contributed by atoms with van der Waals surface area (Å²) in [6.45, 7) is 1.17. The van der Waals surface area contributed by atoms with Gasteiger partial charge in [-0.05, 0) is 28.1 Å². The lowest BCUT2D eigenvalue weighted by Crippen LogP contribution is -2.19. The molecule has 1 aliphatic heterocycles. The van der Waals surface area contributed by atoms with E-state index in [1.807, 2.05) is 25.3 Å².